The fourth-order valence-electron chi connectivity index (χ4n) is 2.81. The number of rotatable bonds is 9. The quantitative estimate of drug-likeness (QED) is 0.757. The van der Waals surface area contributed by atoms with E-state index in [0.29, 0.717) is 19.6 Å². The van der Waals surface area contributed by atoms with Crippen LogP contribution in [0.4, 0.5) is 0 Å². The zero-order valence-corrected chi connectivity index (χ0v) is 14.3. The first-order valence-corrected chi connectivity index (χ1v) is 8.33. The van der Waals surface area contributed by atoms with Gasteiger partial charge in [-0.25, -0.2) is 0 Å². The van der Waals surface area contributed by atoms with Crippen molar-refractivity contribution in [1.29, 1.82) is 0 Å². The average molecular weight is 324 g/mol. The summed E-state index contributed by atoms with van der Waals surface area (Å²) in [4.78, 5) is 0. The van der Waals surface area contributed by atoms with Crippen molar-refractivity contribution in [3.8, 4) is 5.75 Å². The van der Waals surface area contributed by atoms with Gasteiger partial charge in [-0.1, -0.05) is 26.0 Å². The van der Waals surface area contributed by atoms with Crippen LogP contribution in [-0.4, -0.2) is 43.4 Å². The molecule has 1 N–H and O–H groups in total. The molecule has 1 aromatic rings. The fraction of sp³-hybridized carbons (Fsp3) is 0.667. The molecule has 1 heterocycles. The van der Waals surface area contributed by atoms with Gasteiger partial charge in [-0.05, 0) is 37.0 Å². The Morgan fingerprint density at radius 1 is 1.26 bits per heavy atom. The molecule has 130 valence electrons. The zero-order chi connectivity index (χ0) is 16.7. The highest BCUT2D eigenvalue weighted by Crippen LogP contribution is 2.33. The van der Waals surface area contributed by atoms with Crippen molar-refractivity contribution in [1.82, 2.24) is 0 Å². The Morgan fingerprint density at radius 2 is 1.96 bits per heavy atom. The predicted molar refractivity (Wildman–Crippen MR) is 87.4 cm³/mol. The molecule has 0 bridgehead atoms. The van der Waals surface area contributed by atoms with Gasteiger partial charge < -0.3 is 24.1 Å². The molecule has 5 nitrogen and oxygen atoms in total. The number of ether oxygens (including phenoxy) is 4. The first kappa shape index (κ1) is 18.2. The summed E-state index contributed by atoms with van der Waals surface area (Å²) in [7, 11) is 1.65. The van der Waals surface area contributed by atoms with E-state index in [1.807, 2.05) is 24.3 Å². The van der Waals surface area contributed by atoms with Crippen molar-refractivity contribution in [3.05, 3.63) is 29.8 Å². The second-order valence-corrected chi connectivity index (χ2v) is 5.79. The highest BCUT2D eigenvalue weighted by atomic mass is 16.8. The van der Waals surface area contributed by atoms with Gasteiger partial charge in [0.05, 0.1) is 26.4 Å². The largest absolute Gasteiger partial charge is 0.497 e. The Hall–Kier alpha value is -1.14. The van der Waals surface area contributed by atoms with Crippen LogP contribution in [0.1, 0.15) is 38.7 Å². The number of aliphatic hydroxyl groups excluding tert-OH is 1. The van der Waals surface area contributed by atoms with Gasteiger partial charge in [0.1, 0.15) is 11.9 Å². The van der Waals surface area contributed by atoms with Crippen LogP contribution < -0.4 is 4.74 Å². The zero-order valence-electron chi connectivity index (χ0n) is 14.3. The fourth-order valence-corrected chi connectivity index (χ4v) is 2.81. The minimum absolute atomic E-state index is 0.0678. The first-order valence-electron chi connectivity index (χ1n) is 8.33. The van der Waals surface area contributed by atoms with E-state index >= 15 is 0 Å². The van der Waals surface area contributed by atoms with Gasteiger partial charge in [0.2, 0.25) is 0 Å². The molecular weight excluding hydrogens is 296 g/mol. The molecule has 2 atom stereocenters. The molecule has 2 rings (SSSR count). The summed E-state index contributed by atoms with van der Waals surface area (Å²) >= 11 is 0. The Morgan fingerprint density at radius 3 is 2.48 bits per heavy atom. The molecule has 0 unspecified atom stereocenters. The molecule has 0 aromatic heterocycles. The Bertz CT molecular complexity index is 455. The smallest absolute Gasteiger partial charge is 0.168 e. The van der Waals surface area contributed by atoms with Crippen LogP contribution in [-0.2, 0) is 20.8 Å². The maximum atomic E-state index is 9.31. The van der Waals surface area contributed by atoms with E-state index in [1.165, 1.54) is 0 Å². The molecule has 1 aliphatic rings. The van der Waals surface area contributed by atoms with Crippen molar-refractivity contribution in [2.24, 2.45) is 0 Å². The topological polar surface area (TPSA) is 57.2 Å². The average Bonchev–Trinajstić information content (AvgIpc) is 3.04. The van der Waals surface area contributed by atoms with Gasteiger partial charge in [0.15, 0.2) is 5.79 Å². The van der Waals surface area contributed by atoms with E-state index in [4.69, 9.17) is 18.9 Å². The lowest BCUT2D eigenvalue weighted by Crippen LogP contribution is -2.35. The van der Waals surface area contributed by atoms with E-state index in [9.17, 15) is 5.11 Å². The van der Waals surface area contributed by atoms with Gasteiger partial charge in [0.25, 0.3) is 0 Å². The molecule has 0 amide bonds. The van der Waals surface area contributed by atoms with Crippen LogP contribution in [0.25, 0.3) is 0 Å². The van der Waals surface area contributed by atoms with Crippen LogP contribution in [0.2, 0.25) is 0 Å². The van der Waals surface area contributed by atoms with E-state index in [-0.39, 0.29) is 18.8 Å². The van der Waals surface area contributed by atoms with Crippen molar-refractivity contribution < 1.29 is 24.1 Å². The normalized spacial score (nSPS) is 21.3. The minimum atomic E-state index is -0.498. The third-order valence-corrected chi connectivity index (χ3v) is 4.41. The van der Waals surface area contributed by atoms with Crippen molar-refractivity contribution in [3.63, 3.8) is 0 Å². The maximum absolute atomic E-state index is 9.31. The third-order valence-electron chi connectivity index (χ3n) is 4.41. The summed E-state index contributed by atoms with van der Waals surface area (Å²) in [5, 5.41) is 9.31. The summed E-state index contributed by atoms with van der Waals surface area (Å²) in [6, 6.07) is 7.77. The summed E-state index contributed by atoms with van der Waals surface area (Å²) in [5.41, 5.74) is 1.06. The number of benzene rings is 1. The lowest BCUT2D eigenvalue weighted by atomic mass is 10.1. The van der Waals surface area contributed by atoms with E-state index in [1.54, 1.807) is 7.11 Å². The molecule has 0 aliphatic carbocycles. The molecule has 0 radical (unpaired) electrons. The van der Waals surface area contributed by atoms with E-state index in [0.717, 1.165) is 24.2 Å². The van der Waals surface area contributed by atoms with Gasteiger partial charge in [-0.3, -0.25) is 0 Å². The number of aliphatic hydroxyl groups is 1. The molecule has 0 saturated carbocycles. The Labute approximate surface area is 138 Å². The highest BCUT2D eigenvalue weighted by Gasteiger charge is 2.41. The monoisotopic (exact) mass is 324 g/mol. The Kier molecular flexibility index (Phi) is 6.84. The van der Waals surface area contributed by atoms with Crippen molar-refractivity contribution in [2.75, 3.05) is 20.3 Å². The van der Waals surface area contributed by atoms with Crippen molar-refractivity contribution in [2.45, 2.75) is 57.7 Å². The Balaban J connectivity index is 1.93. The van der Waals surface area contributed by atoms with Gasteiger partial charge >= 0.3 is 0 Å². The number of hydrogen-bond donors (Lipinski definition) is 1. The van der Waals surface area contributed by atoms with Gasteiger partial charge in [-0.15, -0.1) is 0 Å². The molecule has 1 saturated heterocycles. The van der Waals surface area contributed by atoms with Gasteiger partial charge in [0, 0.05) is 6.61 Å². The number of hydrogen-bond acceptors (Lipinski definition) is 5. The van der Waals surface area contributed by atoms with Crippen LogP contribution in [0.15, 0.2) is 24.3 Å². The highest BCUT2D eigenvalue weighted by molar-refractivity contribution is 5.26. The van der Waals surface area contributed by atoms with Crippen LogP contribution in [0.3, 0.4) is 0 Å². The van der Waals surface area contributed by atoms with Crippen LogP contribution >= 0.6 is 0 Å². The molecule has 5 heteroatoms. The molecule has 0 spiro atoms. The van der Waals surface area contributed by atoms with E-state index < -0.39 is 5.79 Å². The van der Waals surface area contributed by atoms with Crippen molar-refractivity contribution >= 4 is 0 Å². The second-order valence-electron chi connectivity index (χ2n) is 5.79. The maximum Gasteiger partial charge on any atom is 0.168 e. The molecule has 1 fully saturated rings. The second kappa shape index (κ2) is 8.64. The first-order chi connectivity index (χ1) is 11.2. The molecular formula is C18H28O5. The minimum Gasteiger partial charge on any atom is -0.497 e. The lowest BCUT2D eigenvalue weighted by molar-refractivity contribution is -0.187. The number of methoxy groups -OCH3 is 1. The van der Waals surface area contributed by atoms with Crippen LogP contribution in [0, 0.1) is 0 Å². The summed E-state index contributed by atoms with van der Waals surface area (Å²) in [6.07, 6.45) is 1.84. The molecule has 1 aliphatic heterocycles. The predicted octanol–water partition coefficient (Wildman–Crippen LogP) is 2.89. The summed E-state index contributed by atoms with van der Waals surface area (Å²) in [5.74, 6) is 0.325. The lowest BCUT2D eigenvalue weighted by Gasteiger charge is -2.27. The SMILES string of the molecule is CCC1(CC)OC[C@@H]([C@H](CCO)OCc2ccc(OC)cc2)O1. The summed E-state index contributed by atoms with van der Waals surface area (Å²) in [6.45, 7) is 5.17. The standard InChI is InChI=1S/C18H28O5/c1-4-18(5-2)22-13-17(23-18)16(10-11-19)21-12-14-6-8-15(20-3)9-7-14/h6-9,16-17,19H,4-5,10-13H2,1-3H3/t16-,17-/m0/s1. The summed E-state index contributed by atoms with van der Waals surface area (Å²) < 4.78 is 23.1. The van der Waals surface area contributed by atoms with Crippen LogP contribution in [0.5, 0.6) is 5.75 Å². The van der Waals surface area contributed by atoms with E-state index in [2.05, 4.69) is 13.8 Å². The molecule has 1 aromatic carbocycles. The van der Waals surface area contributed by atoms with Gasteiger partial charge in [-0.2, -0.15) is 0 Å². The molecule has 23 heavy (non-hydrogen) atoms. The third kappa shape index (κ3) is 4.67.